The third-order valence-electron chi connectivity index (χ3n) is 6.31. The molecule has 0 bridgehead atoms. The number of unbranched alkanes of at least 4 members (excludes halogenated alkanes) is 1. The summed E-state index contributed by atoms with van der Waals surface area (Å²) in [5.74, 6) is -0.208. The molecule has 0 unspecified atom stereocenters. The zero-order valence-corrected chi connectivity index (χ0v) is 20.7. The first-order valence-corrected chi connectivity index (χ1v) is 11.8. The van der Waals surface area contributed by atoms with Gasteiger partial charge in [0.25, 0.3) is 0 Å². The summed E-state index contributed by atoms with van der Waals surface area (Å²) >= 11 is 0. The van der Waals surface area contributed by atoms with E-state index in [0.717, 1.165) is 56.0 Å². The molecule has 0 spiro atoms. The average Bonchev–Trinajstić information content (AvgIpc) is 2.78. The minimum absolute atomic E-state index is 0.208. The molecular formula is C28H37FN4. The highest BCUT2D eigenvalue weighted by Gasteiger charge is 2.26. The molecule has 2 aromatic heterocycles. The molecule has 3 rings (SSSR count). The van der Waals surface area contributed by atoms with Crippen LogP contribution in [0.2, 0.25) is 0 Å². The highest BCUT2D eigenvalue weighted by Crippen LogP contribution is 2.33. The van der Waals surface area contributed by atoms with Crippen molar-refractivity contribution < 1.29 is 4.39 Å². The second-order valence-electron chi connectivity index (χ2n) is 9.53. The summed E-state index contributed by atoms with van der Waals surface area (Å²) in [7, 11) is 2.15. The first-order chi connectivity index (χ1) is 15.8. The van der Waals surface area contributed by atoms with E-state index in [1.807, 2.05) is 30.6 Å². The number of benzene rings is 1. The zero-order valence-electron chi connectivity index (χ0n) is 20.7. The Morgan fingerprint density at radius 1 is 1.00 bits per heavy atom. The van der Waals surface area contributed by atoms with Gasteiger partial charge in [-0.2, -0.15) is 0 Å². The Labute approximate surface area is 198 Å². The molecule has 2 heterocycles. The van der Waals surface area contributed by atoms with Gasteiger partial charge in [-0.25, -0.2) is 4.39 Å². The molecule has 0 aliphatic heterocycles. The molecule has 0 aliphatic carbocycles. The van der Waals surface area contributed by atoms with Crippen LogP contribution in [0.25, 0.3) is 0 Å². The van der Waals surface area contributed by atoms with Gasteiger partial charge in [-0.15, -0.1) is 0 Å². The number of nitrogens with zero attached hydrogens (tertiary/aromatic N) is 3. The van der Waals surface area contributed by atoms with Gasteiger partial charge in [0.2, 0.25) is 0 Å². The van der Waals surface area contributed by atoms with Gasteiger partial charge in [-0.1, -0.05) is 38.1 Å². The second kappa shape index (κ2) is 11.5. The van der Waals surface area contributed by atoms with E-state index in [1.54, 1.807) is 0 Å². The maximum absolute atomic E-state index is 13.4. The minimum atomic E-state index is -0.246. The Hall–Kier alpha value is -2.63. The van der Waals surface area contributed by atoms with Crippen LogP contribution in [0.1, 0.15) is 60.3 Å². The van der Waals surface area contributed by atoms with E-state index in [1.165, 1.54) is 28.8 Å². The lowest BCUT2D eigenvalue weighted by molar-refractivity contribution is 0.311. The van der Waals surface area contributed by atoms with E-state index in [-0.39, 0.29) is 11.2 Å². The van der Waals surface area contributed by atoms with Crippen molar-refractivity contribution in [2.75, 3.05) is 20.1 Å². The summed E-state index contributed by atoms with van der Waals surface area (Å²) in [5.41, 5.74) is 6.69. The van der Waals surface area contributed by atoms with Crippen molar-refractivity contribution in [3.8, 4) is 0 Å². The van der Waals surface area contributed by atoms with Crippen molar-refractivity contribution in [2.24, 2.45) is 0 Å². The SMILES string of the molecule is Cc1cnc(CNCCCCN(C)Cc2ncccc2C(C)(C)c2ccc(F)cc2)c(C)c1. The Morgan fingerprint density at radius 3 is 2.48 bits per heavy atom. The highest BCUT2D eigenvalue weighted by atomic mass is 19.1. The summed E-state index contributed by atoms with van der Waals surface area (Å²) in [5, 5.41) is 3.52. The lowest BCUT2D eigenvalue weighted by Gasteiger charge is -2.29. The van der Waals surface area contributed by atoms with Crippen LogP contribution in [-0.2, 0) is 18.5 Å². The van der Waals surface area contributed by atoms with Gasteiger partial charge in [-0.3, -0.25) is 9.97 Å². The summed E-state index contributed by atoms with van der Waals surface area (Å²) in [6.07, 6.45) is 6.03. The number of aromatic nitrogens is 2. The van der Waals surface area contributed by atoms with Crippen molar-refractivity contribution in [3.05, 3.63) is 94.3 Å². The Bertz CT molecular complexity index is 1030. The first kappa shape index (κ1) is 25.0. The maximum Gasteiger partial charge on any atom is 0.123 e. The van der Waals surface area contributed by atoms with Gasteiger partial charge in [0.15, 0.2) is 0 Å². The van der Waals surface area contributed by atoms with Crippen LogP contribution in [0, 0.1) is 19.7 Å². The lowest BCUT2D eigenvalue weighted by atomic mass is 9.77. The van der Waals surface area contributed by atoms with Crippen molar-refractivity contribution in [3.63, 3.8) is 0 Å². The first-order valence-electron chi connectivity index (χ1n) is 11.8. The number of hydrogen-bond donors (Lipinski definition) is 1. The van der Waals surface area contributed by atoms with Crippen LogP contribution < -0.4 is 5.32 Å². The molecule has 0 saturated carbocycles. The minimum Gasteiger partial charge on any atom is -0.311 e. The molecule has 33 heavy (non-hydrogen) atoms. The highest BCUT2D eigenvalue weighted by molar-refractivity contribution is 5.39. The largest absolute Gasteiger partial charge is 0.311 e. The van der Waals surface area contributed by atoms with E-state index >= 15 is 0 Å². The quantitative estimate of drug-likeness (QED) is 0.390. The molecule has 0 atom stereocenters. The van der Waals surface area contributed by atoms with E-state index in [2.05, 4.69) is 62.1 Å². The molecule has 4 nitrogen and oxygen atoms in total. The predicted octanol–water partition coefficient (Wildman–Crippen LogP) is 5.56. The molecule has 0 amide bonds. The molecule has 0 radical (unpaired) electrons. The van der Waals surface area contributed by atoms with E-state index in [0.29, 0.717) is 0 Å². The van der Waals surface area contributed by atoms with Crippen molar-refractivity contribution in [1.82, 2.24) is 20.2 Å². The van der Waals surface area contributed by atoms with Gasteiger partial charge in [0.1, 0.15) is 5.82 Å². The summed E-state index contributed by atoms with van der Waals surface area (Å²) < 4.78 is 13.4. The fourth-order valence-electron chi connectivity index (χ4n) is 4.26. The average molecular weight is 449 g/mol. The summed E-state index contributed by atoms with van der Waals surface area (Å²) in [6, 6.07) is 13.1. The maximum atomic E-state index is 13.4. The number of halogens is 1. The number of pyridine rings is 2. The number of hydrogen-bond acceptors (Lipinski definition) is 4. The predicted molar refractivity (Wildman–Crippen MR) is 134 cm³/mol. The van der Waals surface area contributed by atoms with Gasteiger partial charge in [0.05, 0.1) is 11.4 Å². The normalized spacial score (nSPS) is 11.8. The molecule has 1 aromatic carbocycles. The van der Waals surface area contributed by atoms with Crippen LogP contribution in [0.15, 0.2) is 54.9 Å². The monoisotopic (exact) mass is 448 g/mol. The molecular weight excluding hydrogens is 411 g/mol. The van der Waals surface area contributed by atoms with E-state index in [9.17, 15) is 4.39 Å². The standard InChI is InChI=1S/C28H37FN4/c1-21-17-22(2)26(32-18-21)19-30-14-6-7-16-33(5)20-27-25(9-8-15-31-27)28(3,4)23-10-12-24(29)13-11-23/h8-13,15,17-18,30H,6-7,14,16,19-20H2,1-5H3. The molecule has 0 aliphatic rings. The molecule has 0 fully saturated rings. The Kier molecular flexibility index (Phi) is 8.70. The van der Waals surface area contributed by atoms with E-state index < -0.39 is 0 Å². The Morgan fingerprint density at radius 2 is 1.76 bits per heavy atom. The van der Waals surface area contributed by atoms with Crippen LogP contribution in [0.3, 0.4) is 0 Å². The number of nitrogens with one attached hydrogen (secondary N) is 1. The van der Waals surface area contributed by atoms with Crippen molar-refractivity contribution in [2.45, 2.75) is 59.0 Å². The molecule has 3 aromatic rings. The van der Waals surface area contributed by atoms with Crippen molar-refractivity contribution in [1.29, 1.82) is 0 Å². The second-order valence-corrected chi connectivity index (χ2v) is 9.53. The summed E-state index contributed by atoms with van der Waals surface area (Å²) in [6.45, 7) is 12.2. The fourth-order valence-corrected chi connectivity index (χ4v) is 4.26. The lowest BCUT2D eigenvalue weighted by Crippen LogP contribution is -2.26. The van der Waals surface area contributed by atoms with Gasteiger partial charge in [0, 0.05) is 30.9 Å². The van der Waals surface area contributed by atoms with Crippen LogP contribution >= 0.6 is 0 Å². The fraction of sp³-hybridized carbons (Fsp3) is 0.429. The smallest absolute Gasteiger partial charge is 0.123 e. The zero-order chi connectivity index (χ0) is 23.8. The van der Waals surface area contributed by atoms with Gasteiger partial charge in [-0.05, 0) is 87.3 Å². The van der Waals surface area contributed by atoms with Crippen molar-refractivity contribution >= 4 is 0 Å². The van der Waals surface area contributed by atoms with Gasteiger partial charge >= 0.3 is 0 Å². The third kappa shape index (κ3) is 6.92. The van der Waals surface area contributed by atoms with E-state index in [4.69, 9.17) is 4.98 Å². The molecule has 176 valence electrons. The number of aryl methyl sites for hydroxylation is 2. The Balaban J connectivity index is 1.48. The number of rotatable bonds is 11. The molecule has 5 heteroatoms. The van der Waals surface area contributed by atoms with Crippen LogP contribution in [-0.4, -0.2) is 35.0 Å². The topological polar surface area (TPSA) is 41.1 Å². The van der Waals surface area contributed by atoms with Crippen LogP contribution in [0.4, 0.5) is 4.39 Å². The molecule has 1 N–H and O–H groups in total. The van der Waals surface area contributed by atoms with Gasteiger partial charge < -0.3 is 10.2 Å². The molecule has 0 saturated heterocycles. The van der Waals surface area contributed by atoms with Crippen LogP contribution in [0.5, 0.6) is 0 Å². The third-order valence-corrected chi connectivity index (χ3v) is 6.31. The summed E-state index contributed by atoms with van der Waals surface area (Å²) in [4.78, 5) is 11.6.